The summed E-state index contributed by atoms with van der Waals surface area (Å²) in [7, 11) is -9.21. The summed E-state index contributed by atoms with van der Waals surface area (Å²) in [6.07, 6.45) is 9.61. The van der Waals surface area contributed by atoms with Gasteiger partial charge in [0.05, 0.1) is 0 Å². The van der Waals surface area contributed by atoms with Crippen LogP contribution in [0.25, 0.3) is 0 Å². The van der Waals surface area contributed by atoms with Crippen molar-refractivity contribution in [2.45, 2.75) is 118 Å². The molecule has 0 aliphatic rings. The molecule has 200 valence electrons. The van der Waals surface area contributed by atoms with Gasteiger partial charge >= 0.3 is 18.1 Å². The van der Waals surface area contributed by atoms with E-state index >= 15 is 0 Å². The van der Waals surface area contributed by atoms with Gasteiger partial charge in [-0.3, -0.25) is 0 Å². The van der Waals surface area contributed by atoms with Crippen LogP contribution in [0, 0.1) is 0 Å². The Kier molecular flexibility index (Phi) is 19.8. The first kappa shape index (κ1) is 33.4. The van der Waals surface area contributed by atoms with Crippen LogP contribution in [0.15, 0.2) is 0 Å². The second-order valence-electron chi connectivity index (χ2n) is 9.33. The van der Waals surface area contributed by atoms with Gasteiger partial charge in [-0.1, -0.05) is 66.7 Å². The van der Waals surface area contributed by atoms with E-state index in [4.69, 9.17) is 30.4 Å². The van der Waals surface area contributed by atoms with E-state index in [2.05, 4.69) is 54.3 Å². The van der Waals surface area contributed by atoms with Gasteiger partial charge in [0.25, 0.3) is 0 Å². The third-order valence-corrected chi connectivity index (χ3v) is 12.8. The first-order chi connectivity index (χ1) is 15.7. The Balaban J connectivity index is 6.08. The summed E-state index contributed by atoms with van der Waals surface area (Å²) < 4.78 is 45.0. The highest BCUT2D eigenvalue weighted by Crippen LogP contribution is 2.27. The van der Waals surface area contributed by atoms with Gasteiger partial charge in [-0.25, -0.2) is 0 Å². The summed E-state index contributed by atoms with van der Waals surface area (Å²) in [5, 5.41) is 0. The Morgan fingerprint density at radius 1 is 0.394 bits per heavy atom. The molecule has 0 heterocycles. The highest BCUT2D eigenvalue weighted by atomic mass is 28.5. The molecular weight excluding hydrogens is 473 g/mol. The Bertz CT molecular complexity index is 414. The minimum absolute atomic E-state index is 0.516. The van der Waals surface area contributed by atoms with E-state index in [-0.39, 0.29) is 0 Å². The van der Waals surface area contributed by atoms with Crippen molar-refractivity contribution in [1.29, 1.82) is 0 Å². The molecule has 0 aromatic carbocycles. The van der Waals surface area contributed by atoms with Crippen LogP contribution in [-0.4, -0.2) is 59.4 Å². The molecule has 0 rings (SSSR count). The highest BCUT2D eigenvalue weighted by molar-refractivity contribution is 6.80. The van der Waals surface area contributed by atoms with E-state index < -0.39 is 26.4 Å². The van der Waals surface area contributed by atoms with Gasteiger partial charge in [0.15, 0.2) is 8.32 Å². The van der Waals surface area contributed by atoms with Crippen LogP contribution >= 0.6 is 0 Å². The van der Waals surface area contributed by atoms with E-state index in [9.17, 15) is 0 Å². The maximum absolute atomic E-state index is 6.71. The summed E-state index contributed by atoms with van der Waals surface area (Å²) >= 11 is 0. The van der Waals surface area contributed by atoms with Crippen molar-refractivity contribution in [3.63, 3.8) is 0 Å². The number of unbranched alkanes of at least 4 members (excludes halogenated alkanes) is 5. The molecule has 0 fully saturated rings. The van der Waals surface area contributed by atoms with Crippen LogP contribution in [0.4, 0.5) is 0 Å². The van der Waals surface area contributed by atoms with Crippen LogP contribution in [0.3, 0.4) is 0 Å². The zero-order valence-electron chi connectivity index (χ0n) is 23.0. The van der Waals surface area contributed by atoms with Crippen molar-refractivity contribution >= 4 is 26.4 Å². The Labute approximate surface area is 208 Å². The van der Waals surface area contributed by atoms with Crippen molar-refractivity contribution in [3.8, 4) is 0 Å². The molecule has 33 heavy (non-hydrogen) atoms. The summed E-state index contributed by atoms with van der Waals surface area (Å²) in [6, 6.07) is 0. The molecule has 0 saturated carbocycles. The smallest absolute Gasteiger partial charge is 0.395 e. The maximum Gasteiger partial charge on any atom is 0.673 e. The van der Waals surface area contributed by atoms with Gasteiger partial charge in [-0.2, -0.15) is 0 Å². The van der Waals surface area contributed by atoms with Crippen molar-refractivity contribution < 1.29 is 30.4 Å². The van der Waals surface area contributed by atoms with Crippen LogP contribution in [0.5, 0.6) is 0 Å². The van der Waals surface area contributed by atoms with E-state index in [1.54, 1.807) is 0 Å². The SMILES string of the molecule is CCCCO[Si](OCCCC)(OCCCC)O[Si](OCCCC)(OCCCC)O[Si](C)(C)C. The summed E-state index contributed by atoms with van der Waals surface area (Å²) in [6.45, 7) is 19.6. The normalized spacial score (nSPS) is 13.1. The molecule has 0 N–H and O–H groups in total. The van der Waals surface area contributed by atoms with E-state index in [0.29, 0.717) is 33.0 Å². The predicted molar refractivity (Wildman–Crippen MR) is 141 cm³/mol. The molecule has 0 aromatic heterocycles. The third kappa shape index (κ3) is 16.6. The molecule has 0 aromatic rings. The number of hydrogen-bond acceptors (Lipinski definition) is 7. The lowest BCUT2D eigenvalue weighted by atomic mass is 10.4. The lowest BCUT2D eigenvalue weighted by molar-refractivity contribution is -0.0540. The van der Waals surface area contributed by atoms with Crippen LogP contribution in [0.2, 0.25) is 19.6 Å². The van der Waals surface area contributed by atoms with Crippen LogP contribution in [-0.2, 0) is 30.4 Å². The van der Waals surface area contributed by atoms with Crippen molar-refractivity contribution in [1.82, 2.24) is 0 Å². The van der Waals surface area contributed by atoms with Gasteiger partial charge in [-0.15, -0.1) is 0 Å². The average Bonchev–Trinajstić information content (AvgIpc) is 2.73. The second kappa shape index (κ2) is 19.5. The van der Waals surface area contributed by atoms with Gasteiger partial charge in [0, 0.05) is 33.0 Å². The molecule has 0 spiro atoms. The number of hydrogen-bond donors (Lipinski definition) is 0. The van der Waals surface area contributed by atoms with Gasteiger partial charge < -0.3 is 30.4 Å². The summed E-state index contributed by atoms with van der Waals surface area (Å²) in [4.78, 5) is 0. The lowest BCUT2D eigenvalue weighted by Crippen LogP contribution is -2.64. The monoisotopic (exact) mass is 526 g/mol. The van der Waals surface area contributed by atoms with Gasteiger partial charge in [0.2, 0.25) is 0 Å². The molecule has 0 unspecified atom stereocenters. The Morgan fingerprint density at radius 2 is 0.667 bits per heavy atom. The third-order valence-electron chi connectivity index (χ3n) is 4.56. The molecule has 10 heteroatoms. The first-order valence-corrected chi connectivity index (χ1v) is 20.0. The number of rotatable bonds is 24. The molecule has 0 atom stereocenters. The standard InChI is InChI=1S/C23H54O7Si3/c1-9-14-19-24-32(25-20-15-10-2,26-21-16-11-3)30-33(27-22-17-12-4,28-23-18-13-5)29-31(6,7)8/h9-23H2,1-8H3. The summed E-state index contributed by atoms with van der Waals surface area (Å²) in [5.41, 5.74) is 0. The molecule has 0 radical (unpaired) electrons. The maximum atomic E-state index is 6.71. The fourth-order valence-corrected chi connectivity index (χ4v) is 11.4. The van der Waals surface area contributed by atoms with Crippen molar-refractivity contribution in [3.05, 3.63) is 0 Å². The summed E-state index contributed by atoms with van der Waals surface area (Å²) in [5.74, 6) is 0. The van der Waals surface area contributed by atoms with Crippen molar-refractivity contribution in [2.75, 3.05) is 33.0 Å². The van der Waals surface area contributed by atoms with Gasteiger partial charge in [0.1, 0.15) is 0 Å². The van der Waals surface area contributed by atoms with Crippen LogP contribution in [0.1, 0.15) is 98.8 Å². The second-order valence-corrected chi connectivity index (χ2v) is 18.6. The average molecular weight is 527 g/mol. The minimum Gasteiger partial charge on any atom is -0.395 e. The largest absolute Gasteiger partial charge is 0.673 e. The lowest BCUT2D eigenvalue weighted by Gasteiger charge is -2.38. The predicted octanol–water partition coefficient (Wildman–Crippen LogP) is 6.81. The zero-order chi connectivity index (χ0) is 25.1. The molecule has 0 aliphatic heterocycles. The van der Waals surface area contributed by atoms with E-state index in [0.717, 1.165) is 64.2 Å². The van der Waals surface area contributed by atoms with Crippen LogP contribution < -0.4 is 0 Å². The van der Waals surface area contributed by atoms with Crippen molar-refractivity contribution in [2.24, 2.45) is 0 Å². The molecule has 0 amide bonds. The van der Waals surface area contributed by atoms with E-state index in [1.165, 1.54) is 0 Å². The topological polar surface area (TPSA) is 64.6 Å². The van der Waals surface area contributed by atoms with Gasteiger partial charge in [-0.05, 0) is 51.7 Å². The van der Waals surface area contributed by atoms with E-state index in [1.807, 2.05) is 0 Å². The quantitative estimate of drug-likeness (QED) is 0.101. The fraction of sp³-hybridized carbons (Fsp3) is 1.00. The zero-order valence-corrected chi connectivity index (χ0v) is 26.0. The first-order valence-electron chi connectivity index (χ1n) is 13.3. The minimum atomic E-state index is -3.57. The molecule has 0 aliphatic carbocycles. The molecular formula is C23H54O7Si3. The Morgan fingerprint density at radius 3 is 0.909 bits per heavy atom. The molecule has 0 saturated heterocycles. The molecule has 7 nitrogen and oxygen atoms in total. The fourth-order valence-electron chi connectivity index (χ4n) is 2.63. The molecule has 0 bridgehead atoms. The Hall–Kier alpha value is 0.371. The highest BCUT2D eigenvalue weighted by Gasteiger charge is 2.61.